The summed E-state index contributed by atoms with van der Waals surface area (Å²) in [7, 11) is -2.78. The van der Waals surface area contributed by atoms with Gasteiger partial charge in [0.25, 0.3) is 8.32 Å². The minimum absolute atomic E-state index is 0.0445. The third kappa shape index (κ3) is 5.49. The summed E-state index contributed by atoms with van der Waals surface area (Å²) >= 11 is 0. The largest absolute Gasteiger partial charge is 0.402 e. The van der Waals surface area contributed by atoms with Crippen molar-refractivity contribution in [2.75, 3.05) is 13.2 Å². The predicted molar refractivity (Wildman–Crippen MR) is 145 cm³/mol. The molecule has 1 N–H and O–H groups in total. The van der Waals surface area contributed by atoms with Crippen LogP contribution in [0.5, 0.6) is 0 Å². The van der Waals surface area contributed by atoms with Gasteiger partial charge < -0.3 is 19.0 Å². The van der Waals surface area contributed by atoms with E-state index in [1.165, 1.54) is 16.8 Å². The van der Waals surface area contributed by atoms with E-state index in [4.69, 9.17) is 13.9 Å². The van der Waals surface area contributed by atoms with Crippen molar-refractivity contribution in [2.24, 2.45) is 5.92 Å². The molecule has 2 aliphatic rings. The van der Waals surface area contributed by atoms with E-state index in [0.717, 1.165) is 25.7 Å². The van der Waals surface area contributed by atoms with Crippen LogP contribution in [0.3, 0.4) is 0 Å². The van der Waals surface area contributed by atoms with Gasteiger partial charge in [0.1, 0.15) is 6.10 Å². The Kier molecular flexibility index (Phi) is 8.34. The Morgan fingerprint density at radius 1 is 1.03 bits per heavy atom. The zero-order valence-corrected chi connectivity index (χ0v) is 22.6. The number of benzene rings is 2. The lowest BCUT2D eigenvalue weighted by molar-refractivity contribution is -0.195. The summed E-state index contributed by atoms with van der Waals surface area (Å²) in [6, 6.07) is 21.4. The highest BCUT2D eigenvalue weighted by Gasteiger charge is 2.54. The number of hydrogen-bond donors (Lipinski definition) is 1. The van der Waals surface area contributed by atoms with Crippen LogP contribution in [-0.4, -0.2) is 44.6 Å². The molecule has 1 unspecified atom stereocenters. The molecule has 0 aromatic heterocycles. The van der Waals surface area contributed by atoms with Gasteiger partial charge in [0, 0.05) is 25.4 Å². The molecule has 2 fully saturated rings. The van der Waals surface area contributed by atoms with Crippen LogP contribution >= 0.6 is 0 Å². The average molecular weight is 495 g/mol. The van der Waals surface area contributed by atoms with Gasteiger partial charge in [0.15, 0.2) is 5.79 Å². The molecule has 5 heteroatoms. The van der Waals surface area contributed by atoms with Crippen molar-refractivity contribution in [3.63, 3.8) is 0 Å². The van der Waals surface area contributed by atoms with Gasteiger partial charge in [-0.3, -0.25) is 0 Å². The maximum absolute atomic E-state index is 10.1. The van der Waals surface area contributed by atoms with Crippen LogP contribution in [0.1, 0.15) is 59.3 Å². The minimum Gasteiger partial charge on any atom is -0.402 e. The highest BCUT2D eigenvalue weighted by Crippen LogP contribution is 2.43. The Bertz CT molecular complexity index is 894. The van der Waals surface area contributed by atoms with Gasteiger partial charge in [0.05, 0.1) is 12.7 Å². The first kappa shape index (κ1) is 26.3. The van der Waals surface area contributed by atoms with Crippen LogP contribution in [0, 0.1) is 5.92 Å². The van der Waals surface area contributed by atoms with Crippen molar-refractivity contribution in [1.29, 1.82) is 0 Å². The molecule has 1 saturated carbocycles. The van der Waals surface area contributed by atoms with Crippen molar-refractivity contribution in [3.05, 3.63) is 73.3 Å². The maximum Gasteiger partial charge on any atom is 0.261 e. The first-order chi connectivity index (χ1) is 16.8. The van der Waals surface area contributed by atoms with E-state index in [-0.39, 0.29) is 29.8 Å². The second-order valence-electron chi connectivity index (χ2n) is 11.2. The zero-order chi connectivity index (χ0) is 24.9. The van der Waals surface area contributed by atoms with Gasteiger partial charge in [-0.2, -0.15) is 0 Å². The summed E-state index contributed by atoms with van der Waals surface area (Å²) in [4.78, 5) is 0. The molecule has 2 aromatic carbocycles. The fraction of sp³-hybridized carbons (Fsp3) is 0.533. The SMILES string of the molecule is C=CC(CO)C[C@H](O[Si](c1ccccc1)(c1ccccc1)C(C)(C)C)[C@H]1COC2(CCCCC2)O1. The molecule has 1 saturated heterocycles. The molecular formula is C30H42O4Si. The summed E-state index contributed by atoms with van der Waals surface area (Å²) in [6.45, 7) is 11.4. The Hall–Kier alpha value is -1.76. The topological polar surface area (TPSA) is 47.9 Å². The summed E-state index contributed by atoms with van der Waals surface area (Å²) < 4.78 is 20.6. The van der Waals surface area contributed by atoms with Crippen LogP contribution in [0.4, 0.5) is 0 Å². The zero-order valence-electron chi connectivity index (χ0n) is 21.6. The van der Waals surface area contributed by atoms with Crippen LogP contribution in [0.25, 0.3) is 0 Å². The van der Waals surface area contributed by atoms with Gasteiger partial charge in [-0.1, -0.05) is 93.9 Å². The second-order valence-corrected chi connectivity index (χ2v) is 15.4. The van der Waals surface area contributed by atoms with E-state index >= 15 is 0 Å². The molecule has 4 nitrogen and oxygen atoms in total. The highest BCUT2D eigenvalue weighted by atomic mass is 28.4. The second kappa shape index (κ2) is 11.1. The quantitative estimate of drug-likeness (QED) is 0.385. The monoisotopic (exact) mass is 494 g/mol. The van der Waals surface area contributed by atoms with Crippen LogP contribution < -0.4 is 10.4 Å². The first-order valence-electron chi connectivity index (χ1n) is 13.2. The lowest BCUT2D eigenvalue weighted by Crippen LogP contribution is -2.68. The highest BCUT2D eigenvalue weighted by molar-refractivity contribution is 6.99. The van der Waals surface area contributed by atoms with Gasteiger partial charge in [0.2, 0.25) is 0 Å². The molecule has 2 aromatic rings. The van der Waals surface area contributed by atoms with Gasteiger partial charge >= 0.3 is 0 Å². The number of aliphatic hydroxyl groups is 1. The van der Waals surface area contributed by atoms with Crippen molar-refractivity contribution < 1.29 is 19.0 Å². The molecule has 4 rings (SSSR count). The molecule has 0 amide bonds. The summed E-state index contributed by atoms with van der Waals surface area (Å²) in [6.07, 6.45) is 7.49. The Labute approximate surface area is 212 Å². The summed E-state index contributed by atoms with van der Waals surface area (Å²) in [5.74, 6) is -0.538. The van der Waals surface area contributed by atoms with Crippen molar-refractivity contribution in [3.8, 4) is 0 Å². The average Bonchev–Trinajstić information content (AvgIpc) is 3.28. The van der Waals surface area contributed by atoms with E-state index in [1.54, 1.807) is 0 Å². The van der Waals surface area contributed by atoms with Crippen LogP contribution in [-0.2, 0) is 13.9 Å². The Balaban J connectivity index is 1.78. The van der Waals surface area contributed by atoms with Gasteiger partial charge in [-0.25, -0.2) is 0 Å². The van der Waals surface area contributed by atoms with Gasteiger partial charge in [-0.15, -0.1) is 6.58 Å². The molecule has 190 valence electrons. The predicted octanol–water partition coefficient (Wildman–Crippen LogP) is 5.19. The van der Waals surface area contributed by atoms with Crippen molar-refractivity contribution in [1.82, 2.24) is 0 Å². The number of hydrogen-bond acceptors (Lipinski definition) is 4. The Morgan fingerprint density at radius 3 is 2.09 bits per heavy atom. The maximum atomic E-state index is 10.1. The number of rotatable bonds is 9. The third-order valence-electron chi connectivity index (χ3n) is 7.75. The molecule has 35 heavy (non-hydrogen) atoms. The molecule has 3 atom stereocenters. The molecule has 1 aliphatic carbocycles. The number of aliphatic hydroxyl groups excluding tert-OH is 1. The lowest BCUT2D eigenvalue weighted by atomic mass is 9.94. The third-order valence-corrected chi connectivity index (χ3v) is 12.8. The van der Waals surface area contributed by atoms with E-state index in [1.807, 2.05) is 6.08 Å². The smallest absolute Gasteiger partial charge is 0.261 e. The Morgan fingerprint density at radius 2 is 1.60 bits per heavy atom. The van der Waals surface area contributed by atoms with E-state index in [9.17, 15) is 5.11 Å². The fourth-order valence-corrected chi connectivity index (χ4v) is 10.6. The normalized spacial score (nSPS) is 22.1. The van der Waals surface area contributed by atoms with E-state index < -0.39 is 14.1 Å². The molecule has 1 heterocycles. The summed E-state index contributed by atoms with van der Waals surface area (Å²) in [5, 5.41) is 12.4. The molecule has 0 radical (unpaired) electrons. The summed E-state index contributed by atoms with van der Waals surface area (Å²) in [5.41, 5.74) is 0. The standard InChI is InChI=1S/C30H42O4Si/c1-5-24(22-31)21-27(28-23-32-30(33-28)19-13-8-14-20-30)34-35(29(2,3)4,25-15-9-6-10-16-25)26-17-11-7-12-18-26/h5-7,9-12,15-18,24,27-28,31H,1,8,13-14,19-23H2,2-4H3/t24?,27-,28+/m0/s1. The van der Waals surface area contributed by atoms with Crippen LogP contribution in [0.15, 0.2) is 73.3 Å². The minimum atomic E-state index is -2.78. The first-order valence-corrected chi connectivity index (χ1v) is 15.1. The lowest BCUT2D eigenvalue weighted by Gasteiger charge is -2.46. The van der Waals surface area contributed by atoms with Crippen molar-refractivity contribution >= 4 is 18.7 Å². The van der Waals surface area contributed by atoms with Gasteiger partial charge in [-0.05, 0) is 34.7 Å². The van der Waals surface area contributed by atoms with Crippen molar-refractivity contribution in [2.45, 2.75) is 82.3 Å². The van der Waals surface area contributed by atoms with Crippen LogP contribution in [0.2, 0.25) is 5.04 Å². The molecular weight excluding hydrogens is 452 g/mol. The molecule has 1 aliphatic heterocycles. The van der Waals surface area contributed by atoms with E-state index in [0.29, 0.717) is 13.0 Å². The number of ether oxygens (including phenoxy) is 2. The molecule has 1 spiro atoms. The fourth-order valence-electron chi connectivity index (χ4n) is 5.85. The molecule has 0 bridgehead atoms. The van der Waals surface area contributed by atoms with E-state index in [2.05, 4.69) is 88.0 Å².